The number of thiazole rings is 1. The molecule has 0 bridgehead atoms. The smallest absolute Gasteiger partial charge is 0.241 e. The summed E-state index contributed by atoms with van der Waals surface area (Å²) in [6.45, 7) is 0.304. The van der Waals surface area contributed by atoms with Crippen LogP contribution in [0.25, 0.3) is 10.2 Å². The fourth-order valence-corrected chi connectivity index (χ4v) is 5.71. The number of para-hydroxylation sites is 2. The summed E-state index contributed by atoms with van der Waals surface area (Å²) in [4.78, 5) is 25.4. The zero-order valence-corrected chi connectivity index (χ0v) is 21.1. The summed E-state index contributed by atoms with van der Waals surface area (Å²) in [7, 11) is 3.23. The Kier molecular flexibility index (Phi) is 5.94. The number of nitrogens with zero attached hydrogens (tertiary/aromatic N) is 3. The van der Waals surface area contributed by atoms with Crippen LogP contribution in [0.3, 0.4) is 0 Å². The summed E-state index contributed by atoms with van der Waals surface area (Å²) in [5.74, 6) is 1.98. The van der Waals surface area contributed by atoms with Crippen LogP contribution in [0.15, 0.2) is 85.2 Å². The van der Waals surface area contributed by atoms with Gasteiger partial charge in [0.1, 0.15) is 33.2 Å². The molecular weight excluding hydrogens is 486 g/mol. The van der Waals surface area contributed by atoms with E-state index in [0.717, 1.165) is 21.4 Å². The van der Waals surface area contributed by atoms with Crippen molar-refractivity contribution in [2.75, 3.05) is 19.1 Å². The van der Waals surface area contributed by atoms with Gasteiger partial charge < -0.3 is 14.2 Å². The Morgan fingerprint density at radius 3 is 2.24 bits per heavy atom. The van der Waals surface area contributed by atoms with Crippen LogP contribution in [0.4, 0.5) is 5.13 Å². The second-order valence-electron chi connectivity index (χ2n) is 8.54. The van der Waals surface area contributed by atoms with Crippen LogP contribution in [-0.4, -0.2) is 30.1 Å². The molecule has 6 rings (SSSR count). The van der Waals surface area contributed by atoms with Crippen LogP contribution >= 0.6 is 11.3 Å². The normalized spacial score (nSPS) is 12.4. The number of hydrogen-bond donors (Lipinski definition) is 0. The summed E-state index contributed by atoms with van der Waals surface area (Å²) in [5.41, 5.74) is 3.18. The highest BCUT2D eigenvalue weighted by molar-refractivity contribution is 7.22. The van der Waals surface area contributed by atoms with Gasteiger partial charge in [-0.1, -0.05) is 53.8 Å². The van der Waals surface area contributed by atoms with Crippen molar-refractivity contribution < 1.29 is 19.0 Å². The Labute approximate surface area is 217 Å². The van der Waals surface area contributed by atoms with Crippen LogP contribution in [0.1, 0.15) is 22.6 Å². The molecule has 0 atom stereocenters. The minimum Gasteiger partial charge on any atom is -0.495 e. The molecule has 5 aromatic rings. The minimum absolute atomic E-state index is 0.107. The van der Waals surface area contributed by atoms with Gasteiger partial charge in [0.15, 0.2) is 5.13 Å². The van der Waals surface area contributed by atoms with Crippen LogP contribution < -0.4 is 19.1 Å². The number of pyridine rings is 1. The molecule has 0 unspecified atom stereocenters. The maximum atomic E-state index is 14.6. The van der Waals surface area contributed by atoms with Crippen LogP contribution in [0.2, 0.25) is 0 Å². The van der Waals surface area contributed by atoms with Gasteiger partial charge in [-0.15, -0.1) is 0 Å². The Bertz CT molecular complexity index is 1520. The predicted molar refractivity (Wildman–Crippen MR) is 143 cm³/mol. The lowest BCUT2D eigenvalue weighted by Crippen LogP contribution is -2.36. The summed E-state index contributed by atoms with van der Waals surface area (Å²) in [5, 5.41) is 0.549. The number of fused-ring (bicyclic) bond motifs is 3. The molecule has 1 aliphatic rings. The number of carbonyl (C=O) groups is 1. The number of hydrogen-bond acceptors (Lipinski definition) is 7. The SMILES string of the molecule is COc1ccc(OC)c2sc(N(Cc3cccnc3)C(=O)C3c4ccccc4Oc4ccccc43)nc12. The number of benzene rings is 3. The van der Waals surface area contributed by atoms with Crippen molar-refractivity contribution in [1.29, 1.82) is 0 Å². The van der Waals surface area contributed by atoms with Crippen molar-refractivity contribution in [3.63, 3.8) is 0 Å². The molecule has 1 amide bonds. The Balaban J connectivity index is 1.52. The highest BCUT2D eigenvalue weighted by Crippen LogP contribution is 2.46. The highest BCUT2D eigenvalue weighted by atomic mass is 32.1. The van der Waals surface area contributed by atoms with Crippen LogP contribution in [0.5, 0.6) is 23.0 Å². The predicted octanol–water partition coefficient (Wildman–Crippen LogP) is 6.18. The van der Waals surface area contributed by atoms with Gasteiger partial charge in [-0.3, -0.25) is 14.7 Å². The third kappa shape index (κ3) is 4.05. The molecule has 0 fully saturated rings. The zero-order valence-electron chi connectivity index (χ0n) is 20.3. The molecule has 184 valence electrons. The molecule has 7 nitrogen and oxygen atoms in total. The molecular formula is C29H23N3O4S. The first-order chi connectivity index (χ1) is 18.2. The van der Waals surface area contributed by atoms with Gasteiger partial charge in [-0.2, -0.15) is 0 Å². The Morgan fingerprint density at radius 2 is 1.59 bits per heavy atom. The number of carbonyl (C=O) groups excluding carboxylic acids is 1. The van der Waals surface area contributed by atoms with Gasteiger partial charge in [-0.05, 0) is 35.9 Å². The second kappa shape index (κ2) is 9.55. The number of ether oxygens (including phenoxy) is 3. The molecule has 3 heterocycles. The van der Waals surface area contributed by atoms with Gasteiger partial charge in [0.25, 0.3) is 0 Å². The van der Waals surface area contributed by atoms with E-state index in [4.69, 9.17) is 19.2 Å². The van der Waals surface area contributed by atoms with Gasteiger partial charge >= 0.3 is 0 Å². The monoisotopic (exact) mass is 509 g/mol. The van der Waals surface area contributed by atoms with E-state index in [1.165, 1.54) is 11.3 Å². The minimum atomic E-state index is -0.561. The molecule has 1 aliphatic heterocycles. The number of methoxy groups -OCH3 is 2. The molecule has 0 radical (unpaired) electrons. The van der Waals surface area contributed by atoms with E-state index in [2.05, 4.69) is 4.98 Å². The molecule has 37 heavy (non-hydrogen) atoms. The van der Waals surface area contributed by atoms with E-state index in [1.807, 2.05) is 72.8 Å². The molecule has 0 aliphatic carbocycles. The van der Waals surface area contributed by atoms with E-state index >= 15 is 0 Å². The third-order valence-corrected chi connectivity index (χ3v) is 7.48. The Morgan fingerprint density at radius 1 is 0.919 bits per heavy atom. The molecule has 8 heteroatoms. The number of aromatic nitrogens is 2. The van der Waals surface area contributed by atoms with Crippen molar-refractivity contribution >= 4 is 32.6 Å². The summed E-state index contributed by atoms with van der Waals surface area (Å²) >= 11 is 1.40. The summed E-state index contributed by atoms with van der Waals surface area (Å²) in [6.07, 6.45) is 3.48. The average molecular weight is 510 g/mol. The van der Waals surface area contributed by atoms with Gasteiger partial charge in [0, 0.05) is 23.5 Å². The number of rotatable bonds is 6. The van der Waals surface area contributed by atoms with Crippen LogP contribution in [-0.2, 0) is 11.3 Å². The Hall–Kier alpha value is -4.43. The lowest BCUT2D eigenvalue weighted by molar-refractivity contribution is -0.119. The van der Waals surface area contributed by atoms with Gasteiger partial charge in [-0.25, -0.2) is 4.98 Å². The third-order valence-electron chi connectivity index (χ3n) is 6.39. The lowest BCUT2D eigenvalue weighted by Gasteiger charge is -2.31. The largest absolute Gasteiger partial charge is 0.495 e. The van der Waals surface area contributed by atoms with Gasteiger partial charge in [0.2, 0.25) is 5.91 Å². The van der Waals surface area contributed by atoms with E-state index in [9.17, 15) is 4.79 Å². The fraction of sp³-hybridized carbons (Fsp3) is 0.138. The van der Waals surface area contributed by atoms with Crippen molar-refractivity contribution in [3.05, 3.63) is 102 Å². The van der Waals surface area contributed by atoms with Gasteiger partial charge in [0.05, 0.1) is 26.7 Å². The standard InChI is InChI=1S/C29H23N3O4S/c1-34-23-13-14-24(35-2)27-26(23)31-29(37-27)32(17-18-8-7-15-30-16-18)28(33)25-19-9-3-5-11-21(19)36-22-12-6-4-10-20(22)25/h3-16,25H,17H2,1-2H3. The number of anilines is 1. The van der Waals surface area contributed by atoms with E-state index in [1.54, 1.807) is 31.5 Å². The number of amides is 1. The summed E-state index contributed by atoms with van der Waals surface area (Å²) < 4.78 is 18.1. The van der Waals surface area contributed by atoms with Crippen molar-refractivity contribution in [3.8, 4) is 23.0 Å². The molecule has 0 saturated heterocycles. The first-order valence-electron chi connectivity index (χ1n) is 11.8. The fourth-order valence-electron chi connectivity index (χ4n) is 4.64. The molecule has 0 saturated carbocycles. The molecule has 0 spiro atoms. The van der Waals surface area contributed by atoms with E-state index in [-0.39, 0.29) is 5.91 Å². The van der Waals surface area contributed by atoms with E-state index in [0.29, 0.717) is 40.2 Å². The lowest BCUT2D eigenvalue weighted by atomic mass is 9.87. The molecule has 2 aromatic heterocycles. The van der Waals surface area contributed by atoms with E-state index < -0.39 is 5.92 Å². The van der Waals surface area contributed by atoms with Crippen LogP contribution in [0, 0.1) is 0 Å². The quantitative estimate of drug-likeness (QED) is 0.272. The topological polar surface area (TPSA) is 73.8 Å². The first-order valence-corrected chi connectivity index (χ1v) is 12.6. The van der Waals surface area contributed by atoms with Crippen molar-refractivity contribution in [1.82, 2.24) is 9.97 Å². The zero-order chi connectivity index (χ0) is 25.4. The molecule has 0 N–H and O–H groups in total. The second-order valence-corrected chi connectivity index (χ2v) is 9.52. The summed E-state index contributed by atoms with van der Waals surface area (Å²) in [6, 6.07) is 22.8. The molecule has 3 aromatic carbocycles. The maximum absolute atomic E-state index is 14.6. The average Bonchev–Trinajstić information content (AvgIpc) is 3.39. The highest BCUT2D eigenvalue weighted by Gasteiger charge is 2.37. The first kappa shape index (κ1) is 23.0. The van der Waals surface area contributed by atoms with Crippen molar-refractivity contribution in [2.45, 2.75) is 12.5 Å². The maximum Gasteiger partial charge on any atom is 0.241 e. The van der Waals surface area contributed by atoms with Crippen molar-refractivity contribution in [2.24, 2.45) is 0 Å².